The second kappa shape index (κ2) is 6.75. The van der Waals surface area contributed by atoms with Gasteiger partial charge in [0.05, 0.1) is 23.3 Å². The highest BCUT2D eigenvalue weighted by Crippen LogP contribution is 2.16. The second-order valence-electron chi connectivity index (χ2n) is 5.83. The van der Waals surface area contributed by atoms with Crippen LogP contribution < -0.4 is 4.72 Å². The lowest BCUT2D eigenvalue weighted by atomic mass is 10.2. The van der Waals surface area contributed by atoms with Crippen molar-refractivity contribution in [1.29, 1.82) is 0 Å². The Bertz CT molecular complexity index is 961. The Morgan fingerprint density at radius 3 is 2.67 bits per heavy atom. The molecule has 0 saturated carbocycles. The van der Waals surface area contributed by atoms with Gasteiger partial charge in [-0.05, 0) is 31.5 Å². The van der Waals surface area contributed by atoms with Crippen LogP contribution in [0.3, 0.4) is 0 Å². The largest absolute Gasteiger partial charge is 0.327 e. The molecule has 1 heterocycles. The molecule has 24 heavy (non-hydrogen) atoms. The smallest absolute Gasteiger partial charge is 0.216 e. The van der Waals surface area contributed by atoms with Gasteiger partial charge in [-0.3, -0.25) is 0 Å². The van der Waals surface area contributed by atoms with Crippen molar-refractivity contribution in [2.45, 2.75) is 32.7 Å². The number of nitrogens with one attached hydrogen (secondary N) is 1. The molecule has 0 aliphatic heterocycles. The molecule has 0 amide bonds. The number of hydrogen-bond acceptors (Lipinski definition) is 3. The number of benzene rings is 2. The summed E-state index contributed by atoms with van der Waals surface area (Å²) in [5.74, 6) is 0.702. The molecular weight excluding hydrogens is 322 g/mol. The molecule has 1 aromatic heterocycles. The van der Waals surface area contributed by atoms with Gasteiger partial charge in [-0.25, -0.2) is 18.1 Å². The Kier molecular flexibility index (Phi) is 4.69. The average Bonchev–Trinajstić information content (AvgIpc) is 2.90. The maximum atomic E-state index is 12.4. The highest BCUT2D eigenvalue weighted by atomic mass is 32.2. The number of rotatable bonds is 6. The van der Waals surface area contributed by atoms with E-state index in [0.29, 0.717) is 0 Å². The lowest BCUT2D eigenvalue weighted by molar-refractivity contribution is 0.575. The first kappa shape index (κ1) is 16.7. The maximum Gasteiger partial charge on any atom is 0.216 e. The summed E-state index contributed by atoms with van der Waals surface area (Å²) in [5.41, 5.74) is 3.74. The molecule has 0 fully saturated rings. The van der Waals surface area contributed by atoms with Gasteiger partial charge in [0, 0.05) is 6.54 Å². The minimum absolute atomic E-state index is 0.0268. The molecule has 5 nitrogen and oxygen atoms in total. The van der Waals surface area contributed by atoms with Crippen molar-refractivity contribution >= 4 is 21.1 Å². The zero-order valence-corrected chi connectivity index (χ0v) is 14.7. The number of aromatic nitrogens is 2. The highest BCUT2D eigenvalue weighted by molar-refractivity contribution is 7.88. The van der Waals surface area contributed by atoms with Crippen molar-refractivity contribution in [2.75, 3.05) is 0 Å². The van der Waals surface area contributed by atoms with Crippen LogP contribution in [0.2, 0.25) is 0 Å². The van der Waals surface area contributed by atoms with Gasteiger partial charge in [0.2, 0.25) is 10.0 Å². The van der Waals surface area contributed by atoms with Crippen LogP contribution in [0, 0.1) is 6.92 Å². The number of hydrogen-bond donors (Lipinski definition) is 1. The molecular formula is C18H21N3O2S. The fraction of sp³-hybridized carbons (Fsp3) is 0.278. The van der Waals surface area contributed by atoms with E-state index in [1.807, 2.05) is 66.9 Å². The van der Waals surface area contributed by atoms with E-state index in [9.17, 15) is 8.42 Å². The first-order valence-electron chi connectivity index (χ1n) is 7.95. The Morgan fingerprint density at radius 2 is 1.92 bits per heavy atom. The third-order valence-electron chi connectivity index (χ3n) is 3.94. The Balaban J connectivity index is 1.77. The van der Waals surface area contributed by atoms with Crippen LogP contribution in [0.15, 0.2) is 48.5 Å². The van der Waals surface area contributed by atoms with Gasteiger partial charge in [-0.1, -0.05) is 42.0 Å². The number of aryl methyl sites for hydroxylation is 2. The van der Waals surface area contributed by atoms with Crippen LogP contribution in [0.1, 0.15) is 23.9 Å². The molecule has 1 N–H and O–H groups in total. The van der Waals surface area contributed by atoms with Crippen LogP contribution in [0.4, 0.5) is 0 Å². The lowest BCUT2D eigenvalue weighted by Gasteiger charge is -2.09. The molecule has 3 rings (SSSR count). The molecule has 0 spiro atoms. The summed E-state index contributed by atoms with van der Waals surface area (Å²) >= 11 is 0. The summed E-state index contributed by atoms with van der Waals surface area (Å²) in [6.45, 7) is 4.91. The lowest BCUT2D eigenvalue weighted by Crippen LogP contribution is -2.26. The molecule has 0 unspecified atom stereocenters. The quantitative estimate of drug-likeness (QED) is 0.748. The molecule has 126 valence electrons. The average molecular weight is 343 g/mol. The van der Waals surface area contributed by atoms with Crippen LogP contribution in [-0.2, 0) is 28.9 Å². The molecule has 0 aliphatic carbocycles. The predicted molar refractivity (Wildman–Crippen MR) is 96.0 cm³/mol. The molecule has 0 radical (unpaired) electrons. The Hall–Kier alpha value is -2.18. The van der Waals surface area contributed by atoms with Crippen molar-refractivity contribution in [3.05, 3.63) is 65.5 Å². The van der Waals surface area contributed by atoms with Crippen molar-refractivity contribution in [2.24, 2.45) is 0 Å². The zero-order valence-electron chi connectivity index (χ0n) is 13.9. The second-order valence-corrected chi connectivity index (χ2v) is 7.64. The molecule has 0 bridgehead atoms. The fourth-order valence-electron chi connectivity index (χ4n) is 2.86. The van der Waals surface area contributed by atoms with Crippen LogP contribution in [-0.4, -0.2) is 18.0 Å². The normalized spacial score (nSPS) is 11.9. The Morgan fingerprint density at radius 1 is 1.12 bits per heavy atom. The third-order valence-corrected chi connectivity index (χ3v) is 5.24. The summed E-state index contributed by atoms with van der Waals surface area (Å²) in [6.07, 6.45) is 0. The van der Waals surface area contributed by atoms with Crippen molar-refractivity contribution < 1.29 is 8.42 Å². The summed E-state index contributed by atoms with van der Waals surface area (Å²) in [5, 5.41) is 0. The van der Waals surface area contributed by atoms with E-state index in [1.54, 1.807) is 0 Å². The van der Waals surface area contributed by atoms with Crippen LogP contribution >= 0.6 is 0 Å². The minimum atomic E-state index is -3.42. The van der Waals surface area contributed by atoms with Crippen molar-refractivity contribution in [3.8, 4) is 0 Å². The van der Waals surface area contributed by atoms with E-state index >= 15 is 0 Å². The topological polar surface area (TPSA) is 64.0 Å². The summed E-state index contributed by atoms with van der Waals surface area (Å²) in [6, 6.07) is 15.4. The summed E-state index contributed by atoms with van der Waals surface area (Å²) in [7, 11) is -3.42. The fourth-order valence-corrected chi connectivity index (χ4v) is 3.93. The van der Waals surface area contributed by atoms with Gasteiger partial charge < -0.3 is 4.57 Å². The van der Waals surface area contributed by atoms with Crippen LogP contribution in [0.5, 0.6) is 0 Å². The minimum Gasteiger partial charge on any atom is -0.327 e. The SMILES string of the molecule is CCn1c(CNS(=O)(=O)Cc2cccc(C)c2)nc2ccccc21. The monoisotopic (exact) mass is 343 g/mol. The van der Waals surface area contributed by atoms with Gasteiger partial charge in [-0.2, -0.15) is 0 Å². The first-order valence-corrected chi connectivity index (χ1v) is 9.61. The van der Waals surface area contributed by atoms with Gasteiger partial charge >= 0.3 is 0 Å². The molecule has 3 aromatic rings. The third kappa shape index (κ3) is 3.66. The number of nitrogens with zero attached hydrogens (tertiary/aromatic N) is 2. The van der Waals surface area contributed by atoms with E-state index in [-0.39, 0.29) is 12.3 Å². The van der Waals surface area contributed by atoms with Crippen LogP contribution in [0.25, 0.3) is 11.0 Å². The molecule has 0 aliphatic rings. The number of para-hydroxylation sites is 2. The van der Waals surface area contributed by atoms with E-state index < -0.39 is 10.0 Å². The predicted octanol–water partition coefficient (Wildman–Crippen LogP) is 2.98. The van der Waals surface area contributed by atoms with Crippen molar-refractivity contribution in [3.63, 3.8) is 0 Å². The van der Waals surface area contributed by atoms with Crippen molar-refractivity contribution in [1.82, 2.24) is 14.3 Å². The molecule has 6 heteroatoms. The standard InChI is InChI=1S/C18H21N3O2S/c1-3-21-17-10-5-4-9-16(17)20-18(21)12-19-24(22,23)13-15-8-6-7-14(2)11-15/h4-11,19H,3,12-13H2,1-2H3. The highest BCUT2D eigenvalue weighted by Gasteiger charge is 2.15. The van der Waals surface area contributed by atoms with E-state index in [0.717, 1.165) is 34.5 Å². The van der Waals surface area contributed by atoms with Gasteiger partial charge in [0.15, 0.2) is 0 Å². The first-order chi connectivity index (χ1) is 11.5. The number of fused-ring (bicyclic) bond motifs is 1. The number of sulfonamides is 1. The zero-order chi connectivity index (χ0) is 17.2. The van der Waals surface area contributed by atoms with Gasteiger partial charge in [0.1, 0.15) is 5.82 Å². The van der Waals surface area contributed by atoms with E-state index in [2.05, 4.69) is 9.71 Å². The summed E-state index contributed by atoms with van der Waals surface area (Å²) < 4.78 is 29.4. The van der Waals surface area contributed by atoms with Gasteiger partial charge in [0.25, 0.3) is 0 Å². The van der Waals surface area contributed by atoms with E-state index in [4.69, 9.17) is 0 Å². The maximum absolute atomic E-state index is 12.4. The van der Waals surface area contributed by atoms with E-state index in [1.165, 1.54) is 0 Å². The number of imidazole rings is 1. The molecule has 2 aromatic carbocycles. The Labute approximate surface area is 142 Å². The molecule has 0 saturated heterocycles. The van der Waals surface area contributed by atoms with Gasteiger partial charge in [-0.15, -0.1) is 0 Å². The molecule has 0 atom stereocenters. The summed E-state index contributed by atoms with van der Waals surface area (Å²) in [4.78, 5) is 4.54.